The van der Waals surface area contributed by atoms with Crippen LogP contribution in [-0.4, -0.2) is 10.1 Å². The molecular formula is C10H8ClNO. The zero-order chi connectivity index (χ0) is 9.26. The lowest BCUT2D eigenvalue weighted by atomic mass is 10.3. The number of pyridine rings is 1. The van der Waals surface area contributed by atoms with Gasteiger partial charge in [0.05, 0.1) is 11.5 Å². The highest BCUT2D eigenvalue weighted by Gasteiger charge is 1.95. The number of halogens is 1. The fourth-order valence-corrected chi connectivity index (χ4v) is 1.46. The molecule has 1 aliphatic rings. The highest BCUT2D eigenvalue weighted by molar-refractivity contribution is 6.34. The van der Waals surface area contributed by atoms with E-state index in [0.717, 1.165) is 17.0 Å². The largest absolute Gasteiger partial charge is 0.506 e. The molecule has 0 saturated heterocycles. The first-order chi connectivity index (χ1) is 6.25. The molecule has 1 heterocycles. The van der Waals surface area contributed by atoms with Crippen molar-refractivity contribution >= 4 is 23.8 Å². The maximum atomic E-state index is 9.21. The molecule has 0 fully saturated rings. The van der Waals surface area contributed by atoms with Crippen molar-refractivity contribution in [3.63, 3.8) is 0 Å². The van der Waals surface area contributed by atoms with Crippen LogP contribution in [0.5, 0.6) is 5.75 Å². The van der Waals surface area contributed by atoms with Crippen LogP contribution < -0.4 is 10.6 Å². The predicted molar refractivity (Wildman–Crippen MR) is 52.6 cm³/mol. The van der Waals surface area contributed by atoms with Gasteiger partial charge in [0.15, 0.2) is 0 Å². The van der Waals surface area contributed by atoms with Crippen molar-refractivity contribution in [2.24, 2.45) is 0 Å². The number of rotatable bonds is 0. The van der Waals surface area contributed by atoms with E-state index >= 15 is 0 Å². The van der Waals surface area contributed by atoms with Crippen molar-refractivity contribution in [3.05, 3.63) is 33.9 Å². The first-order valence-corrected chi connectivity index (χ1v) is 4.36. The normalized spacial score (nSPS) is 14.7. The first kappa shape index (κ1) is 8.32. The molecule has 0 bridgehead atoms. The molecule has 0 amide bonds. The lowest BCUT2D eigenvalue weighted by molar-refractivity contribution is 0.471. The minimum absolute atomic E-state index is 0.162. The molecule has 2 nitrogen and oxygen atoms in total. The second kappa shape index (κ2) is 3.23. The zero-order valence-corrected chi connectivity index (χ0v) is 7.62. The number of hydrogen-bond donors (Lipinski definition) is 1. The number of hydrogen-bond acceptors (Lipinski definition) is 2. The summed E-state index contributed by atoms with van der Waals surface area (Å²) in [5.74, 6) is 0.162. The van der Waals surface area contributed by atoms with Gasteiger partial charge in [-0.25, -0.2) is 0 Å². The average Bonchev–Trinajstić information content (AvgIpc) is 2.25. The summed E-state index contributed by atoms with van der Waals surface area (Å²) in [6.07, 6.45) is 7.89. The Labute approximate surface area is 80.5 Å². The van der Waals surface area contributed by atoms with Crippen LogP contribution in [0.4, 0.5) is 0 Å². The molecule has 0 aliphatic heterocycles. The molecule has 0 atom stereocenters. The van der Waals surface area contributed by atoms with Crippen molar-refractivity contribution < 1.29 is 5.11 Å². The average molecular weight is 194 g/mol. The number of fused-ring (bicyclic) bond motifs is 1. The second-order valence-corrected chi connectivity index (χ2v) is 3.28. The summed E-state index contributed by atoms with van der Waals surface area (Å²) in [5.41, 5.74) is 0. The van der Waals surface area contributed by atoms with Gasteiger partial charge in [-0.15, -0.1) is 0 Å². The van der Waals surface area contributed by atoms with Gasteiger partial charge >= 0.3 is 0 Å². The topological polar surface area (TPSA) is 33.1 Å². The molecule has 13 heavy (non-hydrogen) atoms. The minimum atomic E-state index is 0.162. The van der Waals surface area contributed by atoms with Gasteiger partial charge < -0.3 is 5.11 Å². The highest BCUT2D eigenvalue weighted by atomic mass is 35.5. The lowest BCUT2D eigenvalue weighted by Gasteiger charge is -1.90. The van der Waals surface area contributed by atoms with Crippen molar-refractivity contribution in [2.75, 3.05) is 0 Å². The smallest absolute Gasteiger partial charge is 0.134 e. The third-order valence-electron chi connectivity index (χ3n) is 1.85. The van der Waals surface area contributed by atoms with Gasteiger partial charge in [-0.2, -0.15) is 0 Å². The first-order valence-electron chi connectivity index (χ1n) is 3.98. The predicted octanol–water partition coefficient (Wildman–Crippen LogP) is 0.875. The molecule has 2 rings (SSSR count). The van der Waals surface area contributed by atoms with Gasteiger partial charge in [-0.1, -0.05) is 23.8 Å². The molecule has 0 radical (unpaired) electrons. The quantitative estimate of drug-likeness (QED) is 0.664. The van der Waals surface area contributed by atoms with Gasteiger partial charge in [0.2, 0.25) is 0 Å². The van der Waals surface area contributed by atoms with Crippen molar-refractivity contribution in [3.8, 4) is 5.75 Å². The Morgan fingerprint density at radius 2 is 2.23 bits per heavy atom. The van der Waals surface area contributed by atoms with Crippen LogP contribution in [0.3, 0.4) is 0 Å². The summed E-state index contributed by atoms with van der Waals surface area (Å²) in [4.78, 5) is 4.08. The fourth-order valence-electron chi connectivity index (χ4n) is 1.26. The van der Waals surface area contributed by atoms with Crippen LogP contribution in [0.15, 0.2) is 23.4 Å². The Morgan fingerprint density at radius 3 is 3.08 bits per heavy atom. The third-order valence-corrected chi connectivity index (χ3v) is 2.12. The maximum Gasteiger partial charge on any atom is 0.134 e. The SMILES string of the molecule is Oc1cnc2c(c1)=CC(Cl)=CCC=2. The molecule has 66 valence electrons. The van der Waals surface area contributed by atoms with E-state index in [4.69, 9.17) is 11.6 Å². The van der Waals surface area contributed by atoms with Gasteiger partial charge in [0.25, 0.3) is 0 Å². The molecule has 1 aliphatic carbocycles. The molecule has 1 aromatic heterocycles. The maximum absolute atomic E-state index is 9.21. The van der Waals surface area contributed by atoms with Crippen LogP contribution in [0.1, 0.15) is 6.42 Å². The van der Waals surface area contributed by atoms with Crippen molar-refractivity contribution in [2.45, 2.75) is 6.42 Å². The summed E-state index contributed by atoms with van der Waals surface area (Å²) < 4.78 is 0. The third kappa shape index (κ3) is 1.73. The molecular weight excluding hydrogens is 186 g/mol. The summed E-state index contributed by atoms with van der Waals surface area (Å²) in [7, 11) is 0. The van der Waals surface area contributed by atoms with Crippen molar-refractivity contribution in [1.82, 2.24) is 4.98 Å². The summed E-state index contributed by atoms with van der Waals surface area (Å²) >= 11 is 5.88. The molecule has 0 aromatic carbocycles. The van der Waals surface area contributed by atoms with Crippen molar-refractivity contribution in [1.29, 1.82) is 0 Å². The Morgan fingerprint density at radius 1 is 1.38 bits per heavy atom. The monoisotopic (exact) mass is 193 g/mol. The van der Waals surface area contributed by atoms with E-state index in [1.807, 2.05) is 12.2 Å². The number of aromatic nitrogens is 1. The Balaban J connectivity index is 2.76. The van der Waals surface area contributed by atoms with Gasteiger partial charge in [-0.05, 0) is 18.6 Å². The van der Waals surface area contributed by atoms with Gasteiger partial charge in [0.1, 0.15) is 5.75 Å². The molecule has 0 saturated carbocycles. The molecule has 3 heteroatoms. The second-order valence-electron chi connectivity index (χ2n) is 2.84. The van der Waals surface area contributed by atoms with Crippen LogP contribution in [0.2, 0.25) is 0 Å². The zero-order valence-electron chi connectivity index (χ0n) is 6.87. The van der Waals surface area contributed by atoms with E-state index in [1.54, 1.807) is 12.1 Å². The van der Waals surface area contributed by atoms with Gasteiger partial charge in [-0.3, -0.25) is 4.98 Å². The molecule has 0 unspecified atom stereocenters. The summed E-state index contributed by atoms with van der Waals surface area (Å²) in [5, 5.41) is 11.6. The Hall–Kier alpha value is -1.28. The van der Waals surface area contributed by atoms with E-state index in [0.29, 0.717) is 5.03 Å². The number of nitrogens with zero attached hydrogens (tertiary/aromatic N) is 1. The van der Waals surface area contributed by atoms with E-state index in [-0.39, 0.29) is 5.75 Å². The van der Waals surface area contributed by atoms with Crippen LogP contribution in [0, 0.1) is 0 Å². The molecule has 0 spiro atoms. The molecule has 1 aromatic rings. The highest BCUT2D eigenvalue weighted by Crippen LogP contribution is 2.06. The van der Waals surface area contributed by atoms with Crippen LogP contribution >= 0.6 is 11.6 Å². The number of aromatic hydroxyl groups is 1. The Kier molecular flexibility index (Phi) is 2.07. The summed E-state index contributed by atoms with van der Waals surface area (Å²) in [6, 6.07) is 1.65. The van der Waals surface area contributed by atoms with E-state index in [2.05, 4.69) is 4.98 Å². The summed E-state index contributed by atoms with van der Waals surface area (Å²) in [6.45, 7) is 0. The fraction of sp³-hybridized carbons (Fsp3) is 0.100. The Bertz CT molecular complexity index is 476. The van der Waals surface area contributed by atoms with Gasteiger partial charge in [0, 0.05) is 10.3 Å². The van der Waals surface area contributed by atoms with Crippen LogP contribution in [-0.2, 0) is 0 Å². The lowest BCUT2D eigenvalue weighted by Crippen LogP contribution is -2.26. The van der Waals surface area contributed by atoms with E-state index in [9.17, 15) is 5.11 Å². The minimum Gasteiger partial charge on any atom is -0.506 e. The standard InChI is InChI=1S/C10H8ClNO/c11-8-2-1-3-10-7(4-8)5-9(13)6-12-10/h2-6,13H,1H2. The van der Waals surface area contributed by atoms with Crippen LogP contribution in [0.25, 0.3) is 12.2 Å². The molecule has 1 N–H and O–H groups in total. The number of allylic oxidation sites excluding steroid dienone is 2. The van der Waals surface area contributed by atoms with E-state index < -0.39 is 0 Å². The van der Waals surface area contributed by atoms with E-state index in [1.165, 1.54) is 6.20 Å².